The van der Waals surface area contributed by atoms with E-state index < -0.39 is 56.5 Å². The summed E-state index contributed by atoms with van der Waals surface area (Å²) in [4.78, 5) is 30.0. The predicted molar refractivity (Wildman–Crippen MR) is 94.3 cm³/mol. The largest absolute Gasteiger partial charge is 0.524 e. The Hall–Kier alpha value is -2.02. The van der Waals surface area contributed by atoms with Crippen LogP contribution in [0.5, 0.6) is 11.5 Å². The molecule has 1 aliphatic heterocycles. The first kappa shape index (κ1) is 21.7. The topological polar surface area (TPSA) is 196 Å². The number of rotatable bonds is 5. The van der Waals surface area contributed by atoms with Gasteiger partial charge in [0.2, 0.25) is 6.29 Å². The Bertz CT molecular complexity index is 995. The van der Waals surface area contributed by atoms with Crippen molar-refractivity contribution in [1.82, 2.24) is 0 Å². The highest BCUT2D eigenvalue weighted by Crippen LogP contribution is 2.44. The van der Waals surface area contributed by atoms with Gasteiger partial charge >= 0.3 is 13.4 Å². The van der Waals surface area contributed by atoms with E-state index in [0.717, 1.165) is 12.1 Å². The van der Waals surface area contributed by atoms with Crippen LogP contribution in [0.25, 0.3) is 11.0 Å². The fraction of sp³-hybridized carbons (Fsp3) is 0.438. The summed E-state index contributed by atoms with van der Waals surface area (Å²) in [6, 6.07) is 3.42. The first-order chi connectivity index (χ1) is 13.5. The zero-order valence-corrected chi connectivity index (χ0v) is 15.8. The molecule has 1 aromatic heterocycles. The molecule has 0 aliphatic carbocycles. The minimum absolute atomic E-state index is 0.00680. The Labute approximate surface area is 162 Å². The van der Waals surface area contributed by atoms with Crippen molar-refractivity contribution in [1.29, 1.82) is 0 Å². The van der Waals surface area contributed by atoms with Gasteiger partial charge in [0.05, 0.1) is 6.61 Å². The Balaban J connectivity index is 2.05. The van der Waals surface area contributed by atoms with Crippen molar-refractivity contribution < 1.29 is 53.2 Å². The van der Waals surface area contributed by atoms with E-state index in [-0.39, 0.29) is 11.3 Å². The summed E-state index contributed by atoms with van der Waals surface area (Å²) in [5, 5.41) is 39.3. The Morgan fingerprint density at radius 1 is 1.07 bits per heavy atom. The highest BCUT2D eigenvalue weighted by Gasteiger charge is 2.45. The van der Waals surface area contributed by atoms with Crippen molar-refractivity contribution in [2.45, 2.75) is 37.6 Å². The van der Waals surface area contributed by atoms with Crippen LogP contribution in [0.1, 0.15) is 5.56 Å². The normalized spacial score (nSPS) is 27.8. The van der Waals surface area contributed by atoms with E-state index in [9.17, 15) is 29.8 Å². The Kier molecular flexibility index (Phi) is 5.99. The molecule has 3 rings (SSSR count). The lowest BCUT2D eigenvalue weighted by Gasteiger charge is -2.39. The summed E-state index contributed by atoms with van der Waals surface area (Å²) < 4.78 is 31.6. The third-order valence-corrected chi connectivity index (χ3v) is 4.76. The average molecular weight is 434 g/mol. The molecule has 6 N–H and O–H groups in total. The maximum atomic E-state index is 11.6. The van der Waals surface area contributed by atoms with Gasteiger partial charge in [-0.2, -0.15) is 0 Å². The number of hydrogen-bond acceptors (Lipinski definition) is 10. The first-order valence-electron chi connectivity index (χ1n) is 8.31. The van der Waals surface area contributed by atoms with E-state index in [1.165, 1.54) is 6.07 Å². The fourth-order valence-corrected chi connectivity index (χ4v) is 3.31. The molecule has 13 heteroatoms. The molecule has 0 unspecified atom stereocenters. The van der Waals surface area contributed by atoms with Gasteiger partial charge in [0.1, 0.15) is 30.0 Å². The van der Waals surface area contributed by atoms with Gasteiger partial charge in [-0.25, -0.2) is 9.36 Å². The summed E-state index contributed by atoms with van der Waals surface area (Å²) in [5.74, 6) is -0.848. The molecule has 1 saturated heterocycles. The molecule has 29 heavy (non-hydrogen) atoms. The lowest BCUT2D eigenvalue weighted by Crippen LogP contribution is -2.60. The summed E-state index contributed by atoms with van der Waals surface area (Å²) in [7, 11) is -5.03. The number of aliphatic hydroxyl groups is 4. The maximum Gasteiger partial charge on any atom is 0.524 e. The van der Waals surface area contributed by atoms with Crippen LogP contribution in [0.15, 0.2) is 27.4 Å². The molecule has 1 fully saturated rings. The molecule has 1 aromatic carbocycles. The molecule has 1 aliphatic rings. The zero-order valence-electron chi connectivity index (χ0n) is 14.9. The molecule has 0 amide bonds. The van der Waals surface area contributed by atoms with Gasteiger partial charge in [-0.15, -0.1) is 0 Å². The van der Waals surface area contributed by atoms with E-state index in [1.54, 1.807) is 6.92 Å². The summed E-state index contributed by atoms with van der Waals surface area (Å²) >= 11 is 0. The number of phosphoric acid groups is 1. The molecule has 0 bridgehead atoms. The van der Waals surface area contributed by atoms with Crippen LogP contribution >= 0.6 is 7.82 Å². The van der Waals surface area contributed by atoms with Crippen LogP contribution < -0.4 is 14.9 Å². The summed E-state index contributed by atoms with van der Waals surface area (Å²) in [6.07, 6.45) is -8.07. The van der Waals surface area contributed by atoms with Gasteiger partial charge in [0.15, 0.2) is 11.5 Å². The van der Waals surface area contributed by atoms with E-state index in [0.29, 0.717) is 10.9 Å². The van der Waals surface area contributed by atoms with Crippen molar-refractivity contribution in [2.75, 3.05) is 6.61 Å². The van der Waals surface area contributed by atoms with E-state index in [2.05, 4.69) is 4.52 Å². The van der Waals surface area contributed by atoms with Gasteiger partial charge in [-0.05, 0) is 18.6 Å². The van der Waals surface area contributed by atoms with Gasteiger partial charge < -0.3 is 38.8 Å². The van der Waals surface area contributed by atoms with Crippen molar-refractivity contribution in [2.24, 2.45) is 0 Å². The standard InChI is InChI=1S/C16H19O12P/c1-6-2-12(18)25-8-4-9(10(3-7(6)8)28-29(22,23)24)26-16-15(21)14(20)13(19)11(5-17)27-16/h2-4,11,13-17,19-21H,5H2,1H3,(H2,22,23,24)/t11-,13-,14+,15-,16+/m1/s1. The van der Waals surface area contributed by atoms with Crippen molar-refractivity contribution >= 4 is 18.8 Å². The van der Waals surface area contributed by atoms with Crippen LogP contribution in [0.2, 0.25) is 0 Å². The second-order valence-electron chi connectivity index (χ2n) is 6.44. The second-order valence-corrected chi connectivity index (χ2v) is 7.60. The number of hydrogen-bond donors (Lipinski definition) is 6. The Morgan fingerprint density at radius 2 is 1.76 bits per heavy atom. The molecular formula is C16H19O12P. The first-order valence-corrected chi connectivity index (χ1v) is 9.84. The van der Waals surface area contributed by atoms with Gasteiger partial charge in [0.25, 0.3) is 0 Å². The minimum Gasteiger partial charge on any atom is -0.458 e. The van der Waals surface area contributed by atoms with Crippen molar-refractivity contribution in [3.05, 3.63) is 34.2 Å². The number of ether oxygens (including phenoxy) is 2. The minimum atomic E-state index is -5.03. The van der Waals surface area contributed by atoms with Gasteiger partial charge in [0, 0.05) is 17.5 Å². The van der Waals surface area contributed by atoms with Crippen molar-refractivity contribution in [3.63, 3.8) is 0 Å². The molecule has 5 atom stereocenters. The van der Waals surface area contributed by atoms with Crippen LogP contribution in [0.4, 0.5) is 0 Å². The van der Waals surface area contributed by atoms with Crippen molar-refractivity contribution in [3.8, 4) is 11.5 Å². The number of aryl methyl sites for hydroxylation is 1. The van der Waals surface area contributed by atoms with E-state index in [4.69, 9.17) is 23.7 Å². The monoisotopic (exact) mass is 434 g/mol. The van der Waals surface area contributed by atoms with E-state index >= 15 is 0 Å². The van der Waals surface area contributed by atoms with Crippen LogP contribution in [0.3, 0.4) is 0 Å². The van der Waals surface area contributed by atoms with E-state index in [1.807, 2.05) is 0 Å². The molecule has 160 valence electrons. The number of phosphoric ester groups is 1. The second kappa shape index (κ2) is 8.01. The number of benzene rings is 1. The SMILES string of the molecule is Cc1cc(=O)oc2cc(O[C@H]3O[C@H](CO)[C@@H](O)[C@H](O)[C@H]3O)c(OP(=O)(O)O)cc12. The molecule has 0 saturated carbocycles. The van der Waals surface area contributed by atoms with Crippen LogP contribution in [-0.4, -0.2) is 67.5 Å². The molecule has 12 nitrogen and oxygen atoms in total. The predicted octanol–water partition coefficient (Wildman–Crippen LogP) is -1.25. The van der Waals surface area contributed by atoms with Gasteiger partial charge in [-0.1, -0.05) is 0 Å². The third-order valence-electron chi connectivity index (χ3n) is 4.32. The molecule has 0 radical (unpaired) electrons. The van der Waals surface area contributed by atoms with Crippen LogP contribution in [-0.2, 0) is 9.30 Å². The molecule has 2 aromatic rings. The third kappa shape index (κ3) is 4.60. The highest BCUT2D eigenvalue weighted by atomic mass is 31.2. The highest BCUT2D eigenvalue weighted by molar-refractivity contribution is 7.46. The van der Waals surface area contributed by atoms with Gasteiger partial charge in [-0.3, -0.25) is 9.79 Å². The maximum absolute atomic E-state index is 11.6. The van der Waals surface area contributed by atoms with Crippen LogP contribution in [0, 0.1) is 6.92 Å². The summed E-state index contributed by atoms with van der Waals surface area (Å²) in [5.41, 5.74) is -0.253. The summed E-state index contributed by atoms with van der Waals surface area (Å²) in [6.45, 7) is 0.862. The molecule has 2 heterocycles. The number of aliphatic hydroxyl groups excluding tert-OH is 4. The quantitative estimate of drug-likeness (QED) is 0.242. The lowest BCUT2D eigenvalue weighted by atomic mass is 9.99. The average Bonchev–Trinajstić information content (AvgIpc) is 2.61. The lowest BCUT2D eigenvalue weighted by molar-refractivity contribution is -0.277. The zero-order chi connectivity index (χ0) is 21.5. The smallest absolute Gasteiger partial charge is 0.458 e. The molecular weight excluding hydrogens is 415 g/mol. The fourth-order valence-electron chi connectivity index (χ4n) is 2.91. The number of fused-ring (bicyclic) bond motifs is 1. The Morgan fingerprint density at radius 3 is 2.38 bits per heavy atom. The molecule has 0 spiro atoms.